The van der Waals surface area contributed by atoms with Gasteiger partial charge in [0, 0.05) is 13.2 Å². The van der Waals surface area contributed by atoms with Crippen LogP contribution in [0.3, 0.4) is 0 Å². The van der Waals surface area contributed by atoms with Crippen molar-refractivity contribution in [2.45, 2.75) is 65.2 Å². The fourth-order valence-electron chi connectivity index (χ4n) is 2.10. The number of hydrogen-bond acceptors (Lipinski definition) is 2. The quantitative estimate of drug-likeness (QED) is 0.517. The summed E-state index contributed by atoms with van der Waals surface area (Å²) in [6.45, 7) is 7.07. The van der Waals surface area contributed by atoms with Gasteiger partial charge in [-0.3, -0.25) is 0 Å². The van der Waals surface area contributed by atoms with Crippen molar-refractivity contribution in [3.8, 4) is 0 Å². The molecule has 0 aliphatic heterocycles. The van der Waals surface area contributed by atoms with E-state index in [4.69, 9.17) is 10.5 Å². The lowest BCUT2D eigenvalue weighted by atomic mass is 9.93. The Morgan fingerprint density at radius 1 is 0.875 bits per heavy atom. The lowest BCUT2D eigenvalue weighted by Crippen LogP contribution is -2.07. The van der Waals surface area contributed by atoms with E-state index in [1.54, 1.807) is 0 Å². The van der Waals surface area contributed by atoms with Gasteiger partial charge in [0.2, 0.25) is 0 Å². The molecule has 2 heteroatoms. The second kappa shape index (κ2) is 13.0. The number of unbranched alkanes of at least 4 members (excludes halogenated alkanes) is 1. The van der Waals surface area contributed by atoms with Crippen LogP contribution >= 0.6 is 0 Å². The maximum absolute atomic E-state index is 5.53. The minimum atomic E-state index is 0.745. The highest BCUT2D eigenvalue weighted by Crippen LogP contribution is 2.20. The Hall–Kier alpha value is -0.0800. The molecule has 0 aliphatic carbocycles. The normalized spacial score (nSPS) is 12.9. The summed E-state index contributed by atoms with van der Waals surface area (Å²) in [5, 5.41) is 0. The van der Waals surface area contributed by atoms with Crippen LogP contribution in [0.1, 0.15) is 65.2 Å². The molecule has 1 unspecified atom stereocenters. The van der Waals surface area contributed by atoms with Crippen molar-refractivity contribution in [3.05, 3.63) is 0 Å². The molecule has 0 aromatic rings. The molecule has 2 N–H and O–H groups in total. The molecule has 0 amide bonds. The molecule has 0 aromatic heterocycles. The van der Waals surface area contributed by atoms with Gasteiger partial charge >= 0.3 is 0 Å². The van der Waals surface area contributed by atoms with Crippen molar-refractivity contribution >= 4 is 0 Å². The lowest BCUT2D eigenvalue weighted by molar-refractivity contribution is 0.125. The van der Waals surface area contributed by atoms with Gasteiger partial charge in [0.15, 0.2) is 0 Å². The van der Waals surface area contributed by atoms with Gasteiger partial charge in [-0.2, -0.15) is 0 Å². The van der Waals surface area contributed by atoms with Crippen LogP contribution in [0.2, 0.25) is 0 Å². The number of rotatable bonds is 12. The summed E-state index contributed by atoms with van der Waals surface area (Å²) in [6, 6.07) is 0. The molecule has 0 saturated carbocycles. The van der Waals surface area contributed by atoms with Crippen LogP contribution in [0.5, 0.6) is 0 Å². The minimum Gasteiger partial charge on any atom is -0.381 e. The molecule has 1 atom stereocenters. The summed E-state index contributed by atoms with van der Waals surface area (Å²) in [5.41, 5.74) is 5.41. The van der Waals surface area contributed by atoms with Gasteiger partial charge in [-0.25, -0.2) is 0 Å². The minimum absolute atomic E-state index is 0.745. The molecule has 0 bridgehead atoms. The zero-order valence-corrected chi connectivity index (χ0v) is 11.3. The van der Waals surface area contributed by atoms with Crippen LogP contribution in [0.15, 0.2) is 0 Å². The third-order valence-corrected chi connectivity index (χ3v) is 3.06. The summed E-state index contributed by atoms with van der Waals surface area (Å²) in [7, 11) is 0. The molecule has 0 aromatic carbocycles. The molecule has 0 spiro atoms. The van der Waals surface area contributed by atoms with Crippen molar-refractivity contribution < 1.29 is 4.74 Å². The maximum Gasteiger partial charge on any atom is 0.0478 e. The first kappa shape index (κ1) is 15.9. The van der Waals surface area contributed by atoms with E-state index in [9.17, 15) is 0 Å². The Morgan fingerprint density at radius 2 is 1.56 bits per heavy atom. The van der Waals surface area contributed by atoms with E-state index in [1.807, 2.05) is 0 Å². The summed E-state index contributed by atoms with van der Waals surface area (Å²) in [5.74, 6) is 0.933. The average Bonchev–Trinajstić information content (AvgIpc) is 2.30. The van der Waals surface area contributed by atoms with Crippen molar-refractivity contribution in [1.29, 1.82) is 0 Å². The van der Waals surface area contributed by atoms with Gasteiger partial charge in [0.05, 0.1) is 0 Å². The van der Waals surface area contributed by atoms with Crippen LogP contribution in [0.25, 0.3) is 0 Å². The van der Waals surface area contributed by atoms with E-state index < -0.39 is 0 Å². The van der Waals surface area contributed by atoms with Gasteiger partial charge < -0.3 is 10.5 Å². The highest BCUT2D eigenvalue weighted by Gasteiger charge is 2.06. The summed E-state index contributed by atoms with van der Waals surface area (Å²) < 4.78 is 5.53. The van der Waals surface area contributed by atoms with Crippen molar-refractivity contribution in [1.82, 2.24) is 0 Å². The molecule has 0 heterocycles. The van der Waals surface area contributed by atoms with Gasteiger partial charge in [-0.05, 0) is 31.7 Å². The van der Waals surface area contributed by atoms with E-state index in [1.165, 1.54) is 44.9 Å². The highest BCUT2D eigenvalue weighted by molar-refractivity contribution is 4.59. The van der Waals surface area contributed by atoms with Crippen LogP contribution in [0, 0.1) is 5.92 Å². The summed E-state index contributed by atoms with van der Waals surface area (Å²) in [4.78, 5) is 0. The first-order valence-corrected chi connectivity index (χ1v) is 7.12. The molecule has 0 rings (SSSR count). The van der Waals surface area contributed by atoms with E-state index in [2.05, 4.69) is 13.8 Å². The predicted molar refractivity (Wildman–Crippen MR) is 71.6 cm³/mol. The molecule has 0 saturated heterocycles. The Morgan fingerprint density at radius 3 is 2.19 bits per heavy atom. The second-order valence-corrected chi connectivity index (χ2v) is 4.69. The molecule has 16 heavy (non-hydrogen) atoms. The summed E-state index contributed by atoms with van der Waals surface area (Å²) in [6.07, 6.45) is 10.4. The highest BCUT2D eigenvalue weighted by atomic mass is 16.5. The largest absolute Gasteiger partial charge is 0.381 e. The predicted octanol–water partition coefficient (Wildman–Crippen LogP) is 3.74. The molecule has 0 fully saturated rings. The lowest BCUT2D eigenvalue weighted by Gasteiger charge is -2.15. The zero-order valence-electron chi connectivity index (χ0n) is 11.3. The third kappa shape index (κ3) is 10.4. The van der Waals surface area contributed by atoms with Crippen molar-refractivity contribution in [2.75, 3.05) is 19.8 Å². The first-order chi connectivity index (χ1) is 7.85. The summed E-state index contributed by atoms with van der Waals surface area (Å²) >= 11 is 0. The van der Waals surface area contributed by atoms with Gasteiger partial charge in [0.25, 0.3) is 0 Å². The Bertz CT molecular complexity index is 128. The molecule has 0 radical (unpaired) electrons. The van der Waals surface area contributed by atoms with Crippen LogP contribution in [-0.2, 0) is 4.74 Å². The topological polar surface area (TPSA) is 35.2 Å². The third-order valence-electron chi connectivity index (χ3n) is 3.06. The number of nitrogens with two attached hydrogens (primary N) is 1. The Labute approximate surface area is 102 Å². The van der Waals surface area contributed by atoms with Crippen molar-refractivity contribution in [3.63, 3.8) is 0 Å². The monoisotopic (exact) mass is 229 g/mol. The van der Waals surface area contributed by atoms with Gasteiger partial charge in [-0.15, -0.1) is 0 Å². The Balaban J connectivity index is 3.36. The molecule has 2 nitrogen and oxygen atoms in total. The maximum atomic E-state index is 5.53. The molecular weight excluding hydrogens is 198 g/mol. The standard InChI is InChI=1S/C14H31NO/c1-3-5-9-14(8-4-2)10-6-12-16-13-7-11-15/h14H,3-13,15H2,1-2H3. The number of hydrogen-bond donors (Lipinski definition) is 1. The first-order valence-electron chi connectivity index (χ1n) is 7.12. The van der Waals surface area contributed by atoms with Crippen LogP contribution in [-0.4, -0.2) is 19.8 Å². The van der Waals surface area contributed by atoms with E-state index in [0.717, 1.165) is 32.1 Å². The smallest absolute Gasteiger partial charge is 0.0478 e. The van der Waals surface area contributed by atoms with E-state index >= 15 is 0 Å². The van der Waals surface area contributed by atoms with E-state index in [0.29, 0.717) is 0 Å². The average molecular weight is 229 g/mol. The molecule has 0 aliphatic rings. The van der Waals surface area contributed by atoms with E-state index in [-0.39, 0.29) is 0 Å². The van der Waals surface area contributed by atoms with Crippen LogP contribution in [0.4, 0.5) is 0 Å². The number of ether oxygens (including phenoxy) is 1. The zero-order chi connectivity index (χ0) is 12.1. The van der Waals surface area contributed by atoms with Crippen LogP contribution < -0.4 is 5.73 Å². The molecule has 98 valence electrons. The van der Waals surface area contributed by atoms with Gasteiger partial charge in [0.1, 0.15) is 0 Å². The van der Waals surface area contributed by atoms with Gasteiger partial charge in [-0.1, -0.05) is 46.0 Å². The molecular formula is C14H31NO. The Kier molecular flexibility index (Phi) is 12.9. The fraction of sp³-hybridized carbons (Fsp3) is 1.00. The SMILES string of the molecule is CCCCC(CCC)CCCOCCCN. The fourth-order valence-corrected chi connectivity index (χ4v) is 2.10. The van der Waals surface area contributed by atoms with Crippen molar-refractivity contribution in [2.24, 2.45) is 11.7 Å². The second-order valence-electron chi connectivity index (χ2n) is 4.69.